The van der Waals surface area contributed by atoms with Gasteiger partial charge in [0.25, 0.3) is 0 Å². The molecular weight excluding hydrogens is 346 g/mol. The first kappa shape index (κ1) is 18.5. The number of cyclic esters (lactones) is 1. The Morgan fingerprint density at radius 3 is 2.33 bits per heavy atom. The van der Waals surface area contributed by atoms with Crippen molar-refractivity contribution in [1.82, 2.24) is 0 Å². The van der Waals surface area contributed by atoms with Crippen molar-refractivity contribution in [2.75, 3.05) is 21.3 Å². The van der Waals surface area contributed by atoms with Gasteiger partial charge in [-0.1, -0.05) is 13.0 Å². The van der Waals surface area contributed by atoms with Crippen LogP contribution in [-0.2, 0) is 16.0 Å². The number of aliphatic imine (C=N–C) groups is 1. The molecule has 2 aromatic carbocycles. The topological polar surface area (TPSA) is 66.3 Å². The van der Waals surface area contributed by atoms with Crippen LogP contribution in [0.5, 0.6) is 17.2 Å². The highest BCUT2D eigenvalue weighted by atomic mass is 16.6. The fourth-order valence-electron chi connectivity index (χ4n) is 2.82. The van der Waals surface area contributed by atoms with Gasteiger partial charge in [-0.2, -0.15) is 0 Å². The van der Waals surface area contributed by atoms with E-state index in [1.165, 1.54) is 0 Å². The number of aryl methyl sites for hydroxylation is 1. The van der Waals surface area contributed by atoms with Gasteiger partial charge in [0.15, 0.2) is 17.2 Å². The lowest BCUT2D eigenvalue weighted by molar-refractivity contribution is -0.129. The maximum atomic E-state index is 12.2. The van der Waals surface area contributed by atoms with Crippen LogP contribution in [0, 0.1) is 0 Å². The second-order valence-electron chi connectivity index (χ2n) is 5.83. The Balaban J connectivity index is 1.93. The zero-order valence-electron chi connectivity index (χ0n) is 15.7. The minimum atomic E-state index is -0.492. The first-order valence-electron chi connectivity index (χ1n) is 8.51. The van der Waals surface area contributed by atoms with Crippen LogP contribution in [0.4, 0.5) is 0 Å². The van der Waals surface area contributed by atoms with Crippen LogP contribution in [0.15, 0.2) is 47.1 Å². The number of hydrogen-bond donors (Lipinski definition) is 0. The Morgan fingerprint density at radius 1 is 0.963 bits per heavy atom. The molecule has 0 saturated heterocycles. The van der Waals surface area contributed by atoms with Crippen LogP contribution in [0.25, 0.3) is 6.08 Å². The summed E-state index contributed by atoms with van der Waals surface area (Å²) in [5.74, 6) is 1.69. The molecule has 3 rings (SSSR count). The Kier molecular flexibility index (Phi) is 5.45. The van der Waals surface area contributed by atoms with Crippen molar-refractivity contribution in [3.63, 3.8) is 0 Å². The van der Waals surface area contributed by atoms with Gasteiger partial charge < -0.3 is 18.9 Å². The van der Waals surface area contributed by atoms with Gasteiger partial charge in [-0.25, -0.2) is 9.79 Å². The third kappa shape index (κ3) is 3.79. The largest absolute Gasteiger partial charge is 0.496 e. The Hall–Kier alpha value is -3.28. The molecule has 140 valence electrons. The van der Waals surface area contributed by atoms with E-state index in [9.17, 15) is 4.79 Å². The van der Waals surface area contributed by atoms with E-state index in [4.69, 9.17) is 18.9 Å². The van der Waals surface area contributed by atoms with Crippen molar-refractivity contribution in [2.45, 2.75) is 13.3 Å². The smallest absolute Gasteiger partial charge is 0.363 e. The van der Waals surface area contributed by atoms with Crippen LogP contribution >= 0.6 is 0 Å². The van der Waals surface area contributed by atoms with Gasteiger partial charge in [-0.05, 0) is 54.0 Å². The quantitative estimate of drug-likeness (QED) is 0.576. The minimum Gasteiger partial charge on any atom is -0.496 e. The second-order valence-corrected chi connectivity index (χ2v) is 5.83. The molecule has 0 unspecified atom stereocenters. The normalized spacial score (nSPS) is 14.7. The average Bonchev–Trinajstić information content (AvgIpc) is 3.07. The number of methoxy groups -OCH3 is 3. The molecule has 0 N–H and O–H groups in total. The van der Waals surface area contributed by atoms with Crippen LogP contribution < -0.4 is 14.2 Å². The SMILES string of the molecule is CCc1cc(/C=C2/N=C(c3ccc(OC)c(OC)c3)OC2=O)ccc1OC. The molecule has 1 aliphatic rings. The fraction of sp³-hybridized carbons (Fsp3) is 0.238. The molecule has 2 aromatic rings. The fourth-order valence-corrected chi connectivity index (χ4v) is 2.82. The number of carbonyl (C=O) groups excluding carboxylic acids is 1. The van der Waals surface area contributed by atoms with E-state index >= 15 is 0 Å². The van der Waals surface area contributed by atoms with Crippen molar-refractivity contribution in [1.29, 1.82) is 0 Å². The highest BCUT2D eigenvalue weighted by molar-refractivity contribution is 6.13. The number of benzene rings is 2. The monoisotopic (exact) mass is 367 g/mol. The second kappa shape index (κ2) is 7.95. The van der Waals surface area contributed by atoms with Crippen molar-refractivity contribution in [2.24, 2.45) is 4.99 Å². The Morgan fingerprint density at radius 2 is 1.67 bits per heavy atom. The third-order valence-electron chi connectivity index (χ3n) is 4.24. The third-order valence-corrected chi connectivity index (χ3v) is 4.24. The first-order valence-corrected chi connectivity index (χ1v) is 8.51. The minimum absolute atomic E-state index is 0.233. The van der Waals surface area contributed by atoms with Crippen LogP contribution in [0.2, 0.25) is 0 Å². The Labute approximate surface area is 158 Å². The highest BCUT2D eigenvalue weighted by Crippen LogP contribution is 2.30. The molecule has 0 saturated carbocycles. The van der Waals surface area contributed by atoms with Crippen LogP contribution in [0.3, 0.4) is 0 Å². The lowest BCUT2D eigenvalue weighted by atomic mass is 10.1. The van der Waals surface area contributed by atoms with E-state index in [-0.39, 0.29) is 11.6 Å². The molecule has 6 nitrogen and oxygen atoms in total. The lowest BCUT2D eigenvalue weighted by Crippen LogP contribution is -2.06. The van der Waals surface area contributed by atoms with E-state index in [0.29, 0.717) is 17.1 Å². The van der Waals surface area contributed by atoms with E-state index in [2.05, 4.69) is 4.99 Å². The highest BCUT2D eigenvalue weighted by Gasteiger charge is 2.25. The maximum Gasteiger partial charge on any atom is 0.363 e. The van der Waals surface area contributed by atoms with E-state index in [0.717, 1.165) is 23.3 Å². The van der Waals surface area contributed by atoms with Gasteiger partial charge in [0.05, 0.1) is 21.3 Å². The summed E-state index contributed by atoms with van der Waals surface area (Å²) in [7, 11) is 4.75. The zero-order chi connectivity index (χ0) is 19.4. The molecule has 27 heavy (non-hydrogen) atoms. The standard InChI is InChI=1S/C21H21NO5/c1-5-14-10-13(6-8-17(14)24-2)11-16-21(23)27-20(22-16)15-7-9-18(25-3)19(12-15)26-4/h6-12H,5H2,1-4H3/b16-11+. The van der Waals surface area contributed by atoms with Gasteiger partial charge >= 0.3 is 5.97 Å². The molecule has 0 fully saturated rings. The molecule has 6 heteroatoms. The zero-order valence-corrected chi connectivity index (χ0v) is 15.7. The summed E-state index contributed by atoms with van der Waals surface area (Å²) >= 11 is 0. The van der Waals surface area contributed by atoms with Gasteiger partial charge in [-0.15, -0.1) is 0 Å². The first-order chi connectivity index (χ1) is 13.1. The summed E-state index contributed by atoms with van der Waals surface area (Å²) in [6.07, 6.45) is 2.53. The summed E-state index contributed by atoms with van der Waals surface area (Å²) < 4.78 is 21.2. The maximum absolute atomic E-state index is 12.2. The average molecular weight is 367 g/mol. The van der Waals surface area contributed by atoms with Crippen molar-refractivity contribution < 1.29 is 23.7 Å². The van der Waals surface area contributed by atoms with Gasteiger partial charge in [0, 0.05) is 5.56 Å². The van der Waals surface area contributed by atoms with Gasteiger partial charge in [0.2, 0.25) is 5.90 Å². The summed E-state index contributed by atoms with van der Waals surface area (Å²) in [5, 5.41) is 0. The summed E-state index contributed by atoms with van der Waals surface area (Å²) in [4.78, 5) is 16.6. The predicted octanol–water partition coefficient (Wildman–Crippen LogP) is 3.62. The van der Waals surface area contributed by atoms with Crippen molar-refractivity contribution in [3.8, 4) is 17.2 Å². The molecule has 0 atom stereocenters. The number of hydrogen-bond acceptors (Lipinski definition) is 6. The van der Waals surface area contributed by atoms with E-state index < -0.39 is 5.97 Å². The number of nitrogens with zero attached hydrogens (tertiary/aromatic N) is 1. The number of rotatable bonds is 6. The van der Waals surface area contributed by atoms with E-state index in [1.807, 2.05) is 25.1 Å². The lowest BCUT2D eigenvalue weighted by Gasteiger charge is -2.08. The Bertz CT molecular complexity index is 930. The van der Waals surface area contributed by atoms with Crippen molar-refractivity contribution >= 4 is 17.9 Å². The molecule has 0 bridgehead atoms. The molecule has 0 amide bonds. The summed E-state index contributed by atoms with van der Waals surface area (Å²) in [6, 6.07) is 11.0. The molecule has 1 aliphatic heterocycles. The summed E-state index contributed by atoms with van der Waals surface area (Å²) in [5.41, 5.74) is 2.79. The summed E-state index contributed by atoms with van der Waals surface area (Å²) in [6.45, 7) is 2.05. The van der Waals surface area contributed by atoms with Gasteiger partial charge in [-0.3, -0.25) is 0 Å². The number of ether oxygens (including phenoxy) is 4. The molecule has 0 aliphatic carbocycles. The van der Waals surface area contributed by atoms with Gasteiger partial charge in [0.1, 0.15) is 5.75 Å². The molecule has 1 heterocycles. The molecule has 0 spiro atoms. The van der Waals surface area contributed by atoms with Crippen molar-refractivity contribution in [3.05, 3.63) is 58.8 Å². The van der Waals surface area contributed by atoms with Crippen LogP contribution in [-0.4, -0.2) is 33.2 Å². The molecule has 0 aromatic heterocycles. The van der Waals surface area contributed by atoms with E-state index in [1.54, 1.807) is 45.6 Å². The van der Waals surface area contributed by atoms with Crippen LogP contribution in [0.1, 0.15) is 23.6 Å². The molecule has 0 radical (unpaired) electrons. The number of carbonyl (C=O) groups is 1. The molecular formula is C21H21NO5. The number of esters is 1. The predicted molar refractivity (Wildman–Crippen MR) is 103 cm³/mol.